The van der Waals surface area contributed by atoms with Gasteiger partial charge in [0.05, 0.1) is 27.2 Å². The van der Waals surface area contributed by atoms with Gasteiger partial charge in [-0.15, -0.1) is 0 Å². The molecule has 0 aliphatic heterocycles. The van der Waals surface area contributed by atoms with Gasteiger partial charge >= 0.3 is 0 Å². The number of carbonyl (C=O) groups excluding carboxylic acids is 1. The summed E-state index contributed by atoms with van der Waals surface area (Å²) in [6, 6.07) is 17.1. The van der Waals surface area contributed by atoms with E-state index in [-0.39, 0.29) is 18.2 Å². The van der Waals surface area contributed by atoms with Crippen molar-refractivity contribution in [3.8, 4) is 17.6 Å². The molecule has 3 aromatic carbocycles. The molecule has 0 atom stereocenters. The minimum atomic E-state index is -0.492. The number of anilines is 1. The maximum absolute atomic E-state index is 12.5. The van der Waals surface area contributed by atoms with Gasteiger partial charge in [-0.2, -0.15) is 5.26 Å². The van der Waals surface area contributed by atoms with E-state index in [4.69, 9.17) is 9.47 Å². The Hall–Kier alpha value is -3.91. The number of methoxy groups -OCH3 is 1. The van der Waals surface area contributed by atoms with E-state index < -0.39 is 4.92 Å². The second-order valence-electron chi connectivity index (χ2n) is 7.59. The summed E-state index contributed by atoms with van der Waals surface area (Å²) in [7, 11) is 1.49. The Balaban J connectivity index is 1.79. The first kappa shape index (κ1) is 25.7. The normalized spacial score (nSPS) is 10.9. The number of nitro benzene ring substituents is 1. The van der Waals surface area contributed by atoms with Gasteiger partial charge in [0.25, 0.3) is 11.6 Å². The highest BCUT2D eigenvalue weighted by Crippen LogP contribution is 2.35. The number of aryl methyl sites for hydroxylation is 1. The molecular formula is C26H22IN3O5. The van der Waals surface area contributed by atoms with Crippen molar-refractivity contribution in [2.45, 2.75) is 13.8 Å². The van der Waals surface area contributed by atoms with Crippen molar-refractivity contribution in [3.05, 3.63) is 90.5 Å². The number of allylic oxidation sites excluding steroid dienone is 1. The zero-order valence-electron chi connectivity index (χ0n) is 19.3. The molecule has 0 bridgehead atoms. The Morgan fingerprint density at radius 3 is 2.54 bits per heavy atom. The third-order valence-electron chi connectivity index (χ3n) is 5.30. The molecule has 0 aliphatic rings. The van der Waals surface area contributed by atoms with Gasteiger partial charge < -0.3 is 14.8 Å². The van der Waals surface area contributed by atoms with Crippen molar-refractivity contribution in [1.82, 2.24) is 0 Å². The maximum Gasteiger partial charge on any atom is 0.269 e. The SMILES string of the molecule is COc1cc(/C=C(\C#N)c2ccc([N+](=O)[O-])cc2)cc(I)c1OCC(=O)Nc1cccc(C)c1C. The van der Waals surface area contributed by atoms with Crippen LogP contribution in [0.25, 0.3) is 11.6 Å². The fourth-order valence-corrected chi connectivity index (χ4v) is 4.06. The number of hydrogen-bond acceptors (Lipinski definition) is 6. The molecule has 3 rings (SSSR count). The highest BCUT2D eigenvalue weighted by Gasteiger charge is 2.15. The molecule has 0 saturated heterocycles. The molecule has 0 aliphatic carbocycles. The van der Waals surface area contributed by atoms with Crippen LogP contribution in [-0.2, 0) is 4.79 Å². The van der Waals surface area contributed by atoms with Gasteiger partial charge in [-0.25, -0.2) is 0 Å². The molecule has 35 heavy (non-hydrogen) atoms. The number of nitrogens with zero attached hydrogens (tertiary/aromatic N) is 2. The quantitative estimate of drug-likeness (QED) is 0.116. The average molecular weight is 583 g/mol. The number of nitrogens with one attached hydrogen (secondary N) is 1. The molecule has 0 fully saturated rings. The van der Waals surface area contributed by atoms with E-state index in [0.29, 0.717) is 31.8 Å². The number of nitriles is 1. The number of hydrogen-bond donors (Lipinski definition) is 1. The first-order valence-electron chi connectivity index (χ1n) is 10.5. The second-order valence-corrected chi connectivity index (χ2v) is 8.75. The first-order valence-corrected chi connectivity index (χ1v) is 11.5. The Morgan fingerprint density at radius 1 is 1.20 bits per heavy atom. The maximum atomic E-state index is 12.5. The summed E-state index contributed by atoms with van der Waals surface area (Å²) in [4.78, 5) is 22.8. The summed E-state index contributed by atoms with van der Waals surface area (Å²) in [6.07, 6.45) is 1.66. The second kappa shape index (κ2) is 11.5. The van der Waals surface area contributed by atoms with Crippen LogP contribution in [0.2, 0.25) is 0 Å². The topological polar surface area (TPSA) is 114 Å². The molecule has 178 valence electrons. The molecule has 0 saturated carbocycles. The molecule has 9 heteroatoms. The van der Waals surface area contributed by atoms with Crippen LogP contribution < -0.4 is 14.8 Å². The third kappa shape index (κ3) is 6.36. The minimum Gasteiger partial charge on any atom is -0.493 e. The number of carbonyl (C=O) groups is 1. The van der Waals surface area contributed by atoms with Crippen LogP contribution in [0.3, 0.4) is 0 Å². The van der Waals surface area contributed by atoms with Gasteiger partial charge in [0.15, 0.2) is 18.1 Å². The lowest BCUT2D eigenvalue weighted by atomic mass is 10.0. The molecule has 0 spiro atoms. The van der Waals surface area contributed by atoms with Gasteiger partial charge in [-0.1, -0.05) is 12.1 Å². The van der Waals surface area contributed by atoms with Gasteiger partial charge in [0, 0.05) is 17.8 Å². The number of ether oxygens (including phenoxy) is 2. The molecule has 8 nitrogen and oxygen atoms in total. The van der Waals surface area contributed by atoms with Crippen LogP contribution in [0.1, 0.15) is 22.3 Å². The van der Waals surface area contributed by atoms with E-state index in [9.17, 15) is 20.2 Å². The molecule has 0 unspecified atom stereocenters. The van der Waals surface area contributed by atoms with E-state index in [1.807, 2.05) is 32.0 Å². The summed E-state index contributed by atoms with van der Waals surface area (Å²) in [5.41, 5.74) is 4.31. The number of halogens is 1. The summed E-state index contributed by atoms with van der Waals surface area (Å²) in [5, 5.41) is 23.3. The van der Waals surface area contributed by atoms with Crippen molar-refractivity contribution >= 4 is 51.5 Å². The zero-order valence-corrected chi connectivity index (χ0v) is 21.5. The van der Waals surface area contributed by atoms with Crippen molar-refractivity contribution in [2.24, 2.45) is 0 Å². The Morgan fingerprint density at radius 2 is 1.91 bits per heavy atom. The zero-order chi connectivity index (χ0) is 25.5. The fraction of sp³-hybridized carbons (Fsp3) is 0.154. The van der Waals surface area contributed by atoms with Crippen LogP contribution >= 0.6 is 22.6 Å². The van der Waals surface area contributed by atoms with E-state index >= 15 is 0 Å². The van der Waals surface area contributed by atoms with Gasteiger partial charge in [-0.3, -0.25) is 14.9 Å². The molecule has 1 amide bonds. The van der Waals surface area contributed by atoms with Crippen LogP contribution in [0, 0.1) is 38.9 Å². The number of nitro groups is 1. The lowest BCUT2D eigenvalue weighted by Gasteiger charge is -2.15. The summed E-state index contributed by atoms with van der Waals surface area (Å²) >= 11 is 2.08. The Kier molecular flexibility index (Phi) is 8.43. The predicted molar refractivity (Wildman–Crippen MR) is 142 cm³/mol. The summed E-state index contributed by atoms with van der Waals surface area (Å²) in [5.74, 6) is 0.518. The number of benzene rings is 3. The highest BCUT2D eigenvalue weighted by molar-refractivity contribution is 14.1. The highest BCUT2D eigenvalue weighted by atomic mass is 127. The number of non-ortho nitro benzene ring substituents is 1. The largest absolute Gasteiger partial charge is 0.493 e. The van der Waals surface area contributed by atoms with Crippen molar-refractivity contribution in [3.63, 3.8) is 0 Å². The third-order valence-corrected chi connectivity index (χ3v) is 6.10. The summed E-state index contributed by atoms with van der Waals surface area (Å²) in [6.45, 7) is 3.71. The van der Waals surface area contributed by atoms with Crippen LogP contribution in [0.15, 0.2) is 54.6 Å². The number of amides is 1. The fourth-order valence-electron chi connectivity index (χ4n) is 3.28. The van der Waals surface area contributed by atoms with E-state index in [1.165, 1.54) is 31.4 Å². The van der Waals surface area contributed by atoms with E-state index in [2.05, 4.69) is 34.0 Å². The molecule has 0 heterocycles. The van der Waals surface area contributed by atoms with E-state index in [1.54, 1.807) is 18.2 Å². The molecule has 3 aromatic rings. The Labute approximate surface area is 216 Å². The first-order chi connectivity index (χ1) is 16.7. The molecular weight excluding hydrogens is 561 g/mol. The smallest absolute Gasteiger partial charge is 0.269 e. The minimum absolute atomic E-state index is 0.0506. The van der Waals surface area contributed by atoms with Crippen LogP contribution in [0.4, 0.5) is 11.4 Å². The Bertz CT molecular complexity index is 1340. The lowest BCUT2D eigenvalue weighted by molar-refractivity contribution is -0.384. The van der Waals surface area contributed by atoms with Crippen molar-refractivity contribution in [2.75, 3.05) is 19.0 Å². The van der Waals surface area contributed by atoms with Crippen LogP contribution in [0.5, 0.6) is 11.5 Å². The monoisotopic (exact) mass is 583 g/mol. The van der Waals surface area contributed by atoms with Gasteiger partial charge in [0.1, 0.15) is 0 Å². The molecule has 0 aromatic heterocycles. The molecule has 1 N–H and O–H groups in total. The average Bonchev–Trinajstić information content (AvgIpc) is 2.84. The van der Waals surface area contributed by atoms with E-state index in [0.717, 1.165) is 16.8 Å². The summed E-state index contributed by atoms with van der Waals surface area (Å²) < 4.78 is 11.9. The van der Waals surface area contributed by atoms with Gasteiger partial charge in [-0.05, 0) is 95.1 Å². The number of rotatable bonds is 8. The lowest BCUT2D eigenvalue weighted by Crippen LogP contribution is -2.21. The standard InChI is InChI=1S/C26H22IN3O5/c1-16-5-4-6-23(17(16)2)29-25(31)15-35-26-22(27)12-18(13-24(26)34-3)11-20(14-28)19-7-9-21(10-8-19)30(32)33/h4-13H,15H2,1-3H3,(H,29,31)/b20-11+. The predicted octanol–water partition coefficient (Wildman–Crippen LogP) is 5.91. The van der Waals surface area contributed by atoms with Gasteiger partial charge in [0.2, 0.25) is 0 Å². The van der Waals surface area contributed by atoms with Crippen LogP contribution in [-0.4, -0.2) is 24.5 Å². The van der Waals surface area contributed by atoms with Crippen molar-refractivity contribution in [1.29, 1.82) is 5.26 Å². The van der Waals surface area contributed by atoms with Crippen molar-refractivity contribution < 1.29 is 19.2 Å². The molecule has 0 radical (unpaired) electrons.